The molecule has 1 fully saturated rings. The quantitative estimate of drug-likeness (QED) is 0.907. The molecule has 2 aliphatic rings. The van der Waals surface area contributed by atoms with Gasteiger partial charge in [0.2, 0.25) is 5.91 Å². The van der Waals surface area contributed by atoms with E-state index >= 15 is 0 Å². The van der Waals surface area contributed by atoms with E-state index < -0.39 is 6.10 Å². The van der Waals surface area contributed by atoms with Gasteiger partial charge >= 0.3 is 0 Å². The van der Waals surface area contributed by atoms with Crippen molar-refractivity contribution < 1.29 is 14.3 Å². The van der Waals surface area contributed by atoms with Gasteiger partial charge in [-0.2, -0.15) is 0 Å². The van der Waals surface area contributed by atoms with E-state index in [1.165, 1.54) is 0 Å². The van der Waals surface area contributed by atoms with E-state index in [-0.39, 0.29) is 17.7 Å². The number of carbonyl (C=O) groups is 2. The molecule has 1 N–H and O–H groups in total. The first-order valence-corrected chi connectivity index (χ1v) is 9.37. The molecule has 1 aromatic heterocycles. The Labute approximate surface area is 158 Å². The monoisotopic (exact) mass is 365 g/mol. The molecule has 0 spiro atoms. The minimum Gasteiger partial charge on any atom is -0.480 e. The lowest BCUT2D eigenvalue weighted by atomic mass is 9.96. The summed E-state index contributed by atoms with van der Waals surface area (Å²) in [6, 6.07) is 11.5. The fourth-order valence-corrected chi connectivity index (χ4v) is 3.68. The smallest absolute Gasteiger partial charge is 0.264 e. The van der Waals surface area contributed by atoms with Crippen LogP contribution in [0.25, 0.3) is 0 Å². The van der Waals surface area contributed by atoms with E-state index in [0.717, 1.165) is 29.7 Å². The average molecular weight is 365 g/mol. The second-order valence-electron chi connectivity index (χ2n) is 7.25. The Kier molecular flexibility index (Phi) is 4.79. The summed E-state index contributed by atoms with van der Waals surface area (Å²) in [6.07, 6.45) is 3.41. The lowest BCUT2D eigenvalue weighted by molar-refractivity contribution is -0.140. The van der Waals surface area contributed by atoms with Gasteiger partial charge in [0, 0.05) is 25.7 Å². The number of hydrogen-bond donors (Lipinski definition) is 1. The highest BCUT2D eigenvalue weighted by Crippen LogP contribution is 2.30. The molecule has 6 heteroatoms. The highest BCUT2D eigenvalue weighted by atomic mass is 16.5. The summed E-state index contributed by atoms with van der Waals surface area (Å²) in [5.74, 6) is 0.988. The summed E-state index contributed by atoms with van der Waals surface area (Å²) >= 11 is 0. The van der Waals surface area contributed by atoms with Crippen LogP contribution in [0.3, 0.4) is 0 Å². The third kappa shape index (κ3) is 3.79. The first-order chi connectivity index (χ1) is 13.1. The van der Waals surface area contributed by atoms with Crippen LogP contribution in [0.15, 0.2) is 42.6 Å². The number of aryl methyl sites for hydroxylation is 1. The van der Waals surface area contributed by atoms with Crippen LogP contribution in [0, 0.1) is 12.8 Å². The standard InChI is InChI=1S/C21H23N3O3/c1-14-8-9-19(22-12-14)23-20(25)16-6-4-10-24(13-16)21(26)18-11-15-5-2-3-7-17(15)27-18/h2-3,5,7-9,12,16,18H,4,6,10-11,13H2,1H3,(H,22,23,25)/t16-,18+/m0/s1. The van der Waals surface area contributed by atoms with Crippen LogP contribution < -0.4 is 10.1 Å². The number of aromatic nitrogens is 1. The van der Waals surface area contributed by atoms with E-state index in [0.29, 0.717) is 25.3 Å². The van der Waals surface area contributed by atoms with Gasteiger partial charge in [-0.1, -0.05) is 24.3 Å². The molecule has 1 aromatic carbocycles. The van der Waals surface area contributed by atoms with E-state index in [1.807, 2.05) is 37.3 Å². The summed E-state index contributed by atoms with van der Waals surface area (Å²) in [4.78, 5) is 31.5. The number of benzene rings is 1. The minimum absolute atomic E-state index is 0.0304. The third-order valence-corrected chi connectivity index (χ3v) is 5.19. The Morgan fingerprint density at radius 1 is 1.22 bits per heavy atom. The van der Waals surface area contributed by atoms with Crippen LogP contribution in [-0.2, 0) is 16.0 Å². The molecule has 3 heterocycles. The van der Waals surface area contributed by atoms with E-state index in [9.17, 15) is 9.59 Å². The molecule has 1 saturated heterocycles. The maximum atomic E-state index is 12.9. The number of carbonyl (C=O) groups excluding carboxylic acids is 2. The third-order valence-electron chi connectivity index (χ3n) is 5.19. The van der Waals surface area contributed by atoms with Crippen molar-refractivity contribution in [3.05, 3.63) is 53.7 Å². The molecule has 0 aliphatic carbocycles. The maximum Gasteiger partial charge on any atom is 0.264 e. The van der Waals surface area contributed by atoms with Crippen LogP contribution in [0.5, 0.6) is 5.75 Å². The normalized spacial score (nSPS) is 21.3. The number of rotatable bonds is 3. The number of fused-ring (bicyclic) bond motifs is 1. The molecule has 0 radical (unpaired) electrons. The number of amides is 2. The number of nitrogens with one attached hydrogen (secondary N) is 1. The lowest BCUT2D eigenvalue weighted by Crippen LogP contribution is -2.48. The zero-order valence-corrected chi connectivity index (χ0v) is 15.4. The Hall–Kier alpha value is -2.89. The number of anilines is 1. The van der Waals surface area contributed by atoms with Crippen molar-refractivity contribution in [3.8, 4) is 5.75 Å². The number of ether oxygens (including phenoxy) is 1. The predicted molar refractivity (Wildman–Crippen MR) is 101 cm³/mol. The molecule has 0 saturated carbocycles. The molecule has 0 unspecified atom stereocenters. The van der Waals surface area contributed by atoms with Gasteiger partial charge in [-0.05, 0) is 43.0 Å². The average Bonchev–Trinajstić information content (AvgIpc) is 3.13. The zero-order chi connectivity index (χ0) is 18.8. The van der Waals surface area contributed by atoms with Gasteiger partial charge in [-0.3, -0.25) is 9.59 Å². The molecule has 27 heavy (non-hydrogen) atoms. The Morgan fingerprint density at radius 2 is 2.07 bits per heavy atom. The number of pyridine rings is 1. The molecule has 0 bridgehead atoms. The number of para-hydroxylation sites is 1. The summed E-state index contributed by atoms with van der Waals surface area (Å²) in [7, 11) is 0. The molecule has 6 nitrogen and oxygen atoms in total. The SMILES string of the molecule is Cc1ccc(NC(=O)[C@H]2CCCN(C(=O)[C@H]3Cc4ccccc4O3)C2)nc1. The molecular weight excluding hydrogens is 342 g/mol. The van der Waals surface area contributed by atoms with Gasteiger partial charge in [0.1, 0.15) is 11.6 Å². The number of piperidine rings is 1. The van der Waals surface area contributed by atoms with Gasteiger partial charge in [-0.25, -0.2) is 4.98 Å². The van der Waals surface area contributed by atoms with Gasteiger partial charge in [0.15, 0.2) is 6.10 Å². The molecule has 2 aromatic rings. The molecular formula is C21H23N3O3. The van der Waals surface area contributed by atoms with E-state index in [1.54, 1.807) is 17.2 Å². The minimum atomic E-state index is -0.483. The molecule has 4 rings (SSSR count). The molecule has 2 amide bonds. The van der Waals surface area contributed by atoms with Gasteiger partial charge in [0.25, 0.3) is 5.91 Å². The predicted octanol–water partition coefficient (Wildman–Crippen LogP) is 2.57. The highest BCUT2D eigenvalue weighted by molar-refractivity contribution is 5.92. The van der Waals surface area contributed by atoms with Crippen molar-refractivity contribution in [1.82, 2.24) is 9.88 Å². The summed E-state index contributed by atoms with van der Waals surface area (Å²) in [6.45, 7) is 3.04. The molecule has 2 aliphatic heterocycles. The fourth-order valence-electron chi connectivity index (χ4n) is 3.68. The molecule has 2 atom stereocenters. The van der Waals surface area contributed by atoms with Gasteiger partial charge in [0.05, 0.1) is 5.92 Å². The van der Waals surface area contributed by atoms with Crippen molar-refractivity contribution in [2.24, 2.45) is 5.92 Å². The number of likely N-dealkylation sites (tertiary alicyclic amines) is 1. The van der Waals surface area contributed by atoms with Gasteiger partial charge < -0.3 is 15.0 Å². The Bertz CT molecular complexity index is 825. The Balaban J connectivity index is 1.37. The van der Waals surface area contributed by atoms with Crippen LogP contribution in [0.2, 0.25) is 0 Å². The Morgan fingerprint density at radius 3 is 2.85 bits per heavy atom. The fraction of sp³-hybridized carbons (Fsp3) is 0.381. The molecule has 140 valence electrons. The topological polar surface area (TPSA) is 71.5 Å². The summed E-state index contributed by atoms with van der Waals surface area (Å²) in [5, 5.41) is 2.86. The second-order valence-corrected chi connectivity index (χ2v) is 7.25. The van der Waals surface area contributed by atoms with E-state index in [2.05, 4.69) is 10.3 Å². The highest BCUT2D eigenvalue weighted by Gasteiger charge is 2.35. The van der Waals surface area contributed by atoms with Crippen LogP contribution in [-0.4, -0.2) is 40.9 Å². The van der Waals surface area contributed by atoms with Gasteiger partial charge in [-0.15, -0.1) is 0 Å². The van der Waals surface area contributed by atoms with Crippen molar-refractivity contribution in [2.45, 2.75) is 32.3 Å². The zero-order valence-electron chi connectivity index (χ0n) is 15.4. The van der Waals surface area contributed by atoms with Crippen LogP contribution in [0.1, 0.15) is 24.0 Å². The largest absolute Gasteiger partial charge is 0.480 e. The van der Waals surface area contributed by atoms with E-state index in [4.69, 9.17) is 4.74 Å². The number of hydrogen-bond acceptors (Lipinski definition) is 4. The van der Waals surface area contributed by atoms with Crippen LogP contribution >= 0.6 is 0 Å². The van der Waals surface area contributed by atoms with Crippen molar-refractivity contribution >= 4 is 17.6 Å². The summed E-state index contributed by atoms with van der Waals surface area (Å²) < 4.78 is 5.82. The maximum absolute atomic E-state index is 12.9. The van der Waals surface area contributed by atoms with Crippen LogP contribution in [0.4, 0.5) is 5.82 Å². The number of nitrogens with zero attached hydrogens (tertiary/aromatic N) is 2. The second kappa shape index (κ2) is 7.39. The van der Waals surface area contributed by atoms with Crippen molar-refractivity contribution in [2.75, 3.05) is 18.4 Å². The first-order valence-electron chi connectivity index (χ1n) is 9.37. The lowest BCUT2D eigenvalue weighted by Gasteiger charge is -2.33. The van der Waals surface area contributed by atoms with Crippen molar-refractivity contribution in [1.29, 1.82) is 0 Å². The van der Waals surface area contributed by atoms with Crippen molar-refractivity contribution in [3.63, 3.8) is 0 Å². The first kappa shape index (κ1) is 17.5. The summed E-state index contributed by atoms with van der Waals surface area (Å²) in [5.41, 5.74) is 2.10.